The van der Waals surface area contributed by atoms with Crippen molar-refractivity contribution in [3.8, 4) is 0 Å². The van der Waals surface area contributed by atoms with Gasteiger partial charge in [0.2, 0.25) is 11.9 Å². The Bertz CT molecular complexity index is 475. The molecule has 1 amide bonds. The van der Waals surface area contributed by atoms with E-state index in [9.17, 15) is 4.79 Å². The molecule has 2 heterocycles. The van der Waals surface area contributed by atoms with Crippen LogP contribution in [0.1, 0.15) is 11.8 Å². The molecule has 6 nitrogen and oxygen atoms in total. The van der Waals surface area contributed by atoms with Gasteiger partial charge in [-0.1, -0.05) is 6.58 Å². The van der Waals surface area contributed by atoms with Gasteiger partial charge in [-0.05, 0) is 12.1 Å². The fourth-order valence-corrected chi connectivity index (χ4v) is 1.91. The van der Waals surface area contributed by atoms with E-state index in [0.717, 1.165) is 5.69 Å². The average molecular weight is 262 g/mol. The van der Waals surface area contributed by atoms with Gasteiger partial charge >= 0.3 is 0 Å². The number of nitrogens with zero attached hydrogens (tertiary/aromatic N) is 4. The van der Waals surface area contributed by atoms with Gasteiger partial charge in [0, 0.05) is 26.8 Å². The van der Waals surface area contributed by atoms with Crippen LogP contribution in [0.3, 0.4) is 0 Å². The third-order valence-corrected chi connectivity index (χ3v) is 2.95. The van der Waals surface area contributed by atoms with E-state index in [1.165, 1.54) is 6.08 Å². The van der Waals surface area contributed by atoms with Crippen LogP contribution in [0.5, 0.6) is 0 Å². The van der Waals surface area contributed by atoms with E-state index >= 15 is 0 Å². The Balaban J connectivity index is 2.15. The lowest BCUT2D eigenvalue weighted by Gasteiger charge is -2.32. The first-order valence-corrected chi connectivity index (χ1v) is 6.15. The number of ether oxygens (including phenoxy) is 1. The zero-order valence-corrected chi connectivity index (χ0v) is 11.2. The molecule has 1 aliphatic rings. The minimum atomic E-state index is -0.209. The number of rotatable bonds is 3. The van der Waals surface area contributed by atoms with E-state index in [4.69, 9.17) is 4.74 Å². The standard InChI is InChI=1S/C13H18N4O2/c1-4-12(18)17-7-8-19-11(9-17)10-5-6-14-13(15-10)16(2)3/h4-6,11H,1,7-9H2,2-3H3. The van der Waals surface area contributed by atoms with Crippen LogP contribution in [0.4, 0.5) is 5.95 Å². The van der Waals surface area contributed by atoms with E-state index in [1.54, 1.807) is 11.1 Å². The van der Waals surface area contributed by atoms with Gasteiger partial charge in [0.25, 0.3) is 0 Å². The van der Waals surface area contributed by atoms with Crippen molar-refractivity contribution < 1.29 is 9.53 Å². The second kappa shape index (κ2) is 5.79. The number of carbonyl (C=O) groups excluding carboxylic acids is 1. The van der Waals surface area contributed by atoms with Gasteiger partial charge in [0.05, 0.1) is 18.8 Å². The minimum Gasteiger partial charge on any atom is -0.368 e. The maximum Gasteiger partial charge on any atom is 0.246 e. The molecule has 1 saturated heterocycles. The Morgan fingerprint density at radius 1 is 1.63 bits per heavy atom. The lowest BCUT2D eigenvalue weighted by Crippen LogP contribution is -2.41. The Morgan fingerprint density at radius 3 is 3.11 bits per heavy atom. The van der Waals surface area contributed by atoms with E-state index in [2.05, 4.69) is 16.5 Å². The maximum absolute atomic E-state index is 11.6. The van der Waals surface area contributed by atoms with Gasteiger partial charge in [0.15, 0.2) is 0 Å². The molecule has 19 heavy (non-hydrogen) atoms. The minimum absolute atomic E-state index is 0.0739. The second-order valence-corrected chi connectivity index (χ2v) is 4.52. The number of aromatic nitrogens is 2. The molecule has 0 spiro atoms. The summed E-state index contributed by atoms with van der Waals surface area (Å²) in [5, 5.41) is 0. The van der Waals surface area contributed by atoms with E-state index in [1.807, 2.05) is 25.1 Å². The van der Waals surface area contributed by atoms with E-state index in [0.29, 0.717) is 25.6 Å². The lowest BCUT2D eigenvalue weighted by molar-refractivity contribution is -0.133. The lowest BCUT2D eigenvalue weighted by atomic mass is 10.2. The third-order valence-electron chi connectivity index (χ3n) is 2.95. The van der Waals surface area contributed by atoms with Crippen LogP contribution >= 0.6 is 0 Å². The van der Waals surface area contributed by atoms with Crippen molar-refractivity contribution in [2.24, 2.45) is 0 Å². The van der Waals surface area contributed by atoms with Crippen LogP contribution in [0.25, 0.3) is 0 Å². The fraction of sp³-hybridized carbons (Fsp3) is 0.462. The number of anilines is 1. The van der Waals surface area contributed by atoms with Gasteiger partial charge in [0.1, 0.15) is 6.10 Å². The Hall–Kier alpha value is -1.95. The molecule has 2 rings (SSSR count). The van der Waals surface area contributed by atoms with Crippen LogP contribution in [0.2, 0.25) is 0 Å². The molecule has 1 aromatic rings. The maximum atomic E-state index is 11.6. The molecule has 6 heteroatoms. The molecule has 1 atom stereocenters. The summed E-state index contributed by atoms with van der Waals surface area (Å²) in [6, 6.07) is 1.82. The first-order valence-electron chi connectivity index (χ1n) is 6.15. The van der Waals surface area contributed by atoms with Crippen LogP contribution in [-0.2, 0) is 9.53 Å². The van der Waals surface area contributed by atoms with Crippen LogP contribution < -0.4 is 4.90 Å². The Kier molecular flexibility index (Phi) is 4.11. The highest BCUT2D eigenvalue weighted by Gasteiger charge is 2.25. The third kappa shape index (κ3) is 3.08. The highest BCUT2D eigenvalue weighted by Crippen LogP contribution is 2.21. The number of hydrogen-bond donors (Lipinski definition) is 0. The Morgan fingerprint density at radius 2 is 2.42 bits per heavy atom. The van der Waals surface area contributed by atoms with Crippen LogP contribution in [-0.4, -0.2) is 54.6 Å². The summed E-state index contributed by atoms with van der Waals surface area (Å²) < 4.78 is 5.69. The molecule has 0 N–H and O–H groups in total. The molecule has 1 aromatic heterocycles. The van der Waals surface area contributed by atoms with Crippen LogP contribution in [0, 0.1) is 0 Å². The quantitative estimate of drug-likeness (QED) is 0.748. The number of hydrogen-bond acceptors (Lipinski definition) is 5. The molecule has 0 aromatic carbocycles. The summed E-state index contributed by atoms with van der Waals surface area (Å²) in [6.07, 6.45) is 2.82. The van der Waals surface area contributed by atoms with Crippen molar-refractivity contribution in [1.82, 2.24) is 14.9 Å². The normalized spacial score (nSPS) is 19.1. The number of carbonyl (C=O) groups is 1. The van der Waals surface area contributed by atoms with Gasteiger partial charge in [-0.25, -0.2) is 9.97 Å². The predicted octanol–water partition coefficient (Wildman–Crippen LogP) is 0.628. The molecule has 102 valence electrons. The largest absolute Gasteiger partial charge is 0.368 e. The summed E-state index contributed by atoms with van der Waals surface area (Å²) in [5.74, 6) is 0.559. The SMILES string of the molecule is C=CC(=O)N1CCOC(c2ccnc(N(C)C)n2)C1. The summed E-state index contributed by atoms with van der Waals surface area (Å²) >= 11 is 0. The topological polar surface area (TPSA) is 58.6 Å². The summed E-state index contributed by atoms with van der Waals surface area (Å²) in [6.45, 7) is 5.10. The molecule has 0 aliphatic carbocycles. The zero-order chi connectivity index (χ0) is 13.8. The molecule has 1 unspecified atom stereocenters. The van der Waals surface area contributed by atoms with E-state index < -0.39 is 0 Å². The monoisotopic (exact) mass is 262 g/mol. The average Bonchev–Trinajstić information content (AvgIpc) is 2.46. The number of morpholine rings is 1. The van der Waals surface area contributed by atoms with Crippen molar-refractivity contribution in [3.05, 3.63) is 30.6 Å². The molecule has 1 aliphatic heterocycles. The van der Waals surface area contributed by atoms with E-state index in [-0.39, 0.29) is 12.0 Å². The molecular weight excluding hydrogens is 244 g/mol. The summed E-state index contributed by atoms with van der Waals surface area (Å²) in [4.78, 5) is 23.8. The molecule has 0 bridgehead atoms. The molecule has 0 radical (unpaired) electrons. The summed E-state index contributed by atoms with van der Waals surface area (Å²) in [7, 11) is 3.77. The van der Waals surface area contributed by atoms with Crippen molar-refractivity contribution in [3.63, 3.8) is 0 Å². The predicted molar refractivity (Wildman–Crippen MR) is 71.8 cm³/mol. The van der Waals surface area contributed by atoms with Gasteiger partial charge in [-0.2, -0.15) is 0 Å². The zero-order valence-electron chi connectivity index (χ0n) is 11.2. The first-order chi connectivity index (χ1) is 9.11. The number of amides is 1. The molecule has 1 fully saturated rings. The Labute approximate surface area is 112 Å². The first kappa shape index (κ1) is 13.5. The van der Waals surface area contributed by atoms with Gasteiger partial charge in [-0.15, -0.1) is 0 Å². The van der Waals surface area contributed by atoms with Crippen molar-refractivity contribution >= 4 is 11.9 Å². The van der Waals surface area contributed by atoms with Gasteiger partial charge in [-0.3, -0.25) is 4.79 Å². The van der Waals surface area contributed by atoms with Crippen LogP contribution in [0.15, 0.2) is 24.9 Å². The van der Waals surface area contributed by atoms with Crippen molar-refractivity contribution in [1.29, 1.82) is 0 Å². The highest BCUT2D eigenvalue weighted by molar-refractivity contribution is 5.87. The van der Waals surface area contributed by atoms with Gasteiger partial charge < -0.3 is 14.5 Å². The molecule has 0 saturated carbocycles. The smallest absolute Gasteiger partial charge is 0.246 e. The van der Waals surface area contributed by atoms with Crippen molar-refractivity contribution in [2.75, 3.05) is 38.7 Å². The second-order valence-electron chi connectivity index (χ2n) is 4.52. The van der Waals surface area contributed by atoms with Crippen molar-refractivity contribution in [2.45, 2.75) is 6.10 Å². The highest BCUT2D eigenvalue weighted by atomic mass is 16.5. The fourth-order valence-electron chi connectivity index (χ4n) is 1.91. The summed E-state index contributed by atoms with van der Waals surface area (Å²) in [5.41, 5.74) is 0.792. The molecular formula is C13H18N4O2.